The van der Waals surface area contributed by atoms with E-state index in [2.05, 4.69) is 60.0 Å². The van der Waals surface area contributed by atoms with Crippen LogP contribution in [-0.2, 0) is 16.0 Å². The van der Waals surface area contributed by atoms with Gasteiger partial charge in [-0.25, -0.2) is 0 Å². The summed E-state index contributed by atoms with van der Waals surface area (Å²) >= 11 is 0. The number of carbonyl (C=O) groups excluding carboxylic acids is 1. The van der Waals surface area contributed by atoms with Gasteiger partial charge in [0.2, 0.25) is 5.91 Å². The van der Waals surface area contributed by atoms with Crippen molar-refractivity contribution in [3.63, 3.8) is 0 Å². The molecule has 1 unspecified atom stereocenters. The Morgan fingerprint density at radius 1 is 1.19 bits per heavy atom. The van der Waals surface area contributed by atoms with E-state index in [0.717, 1.165) is 44.6 Å². The number of hydrogen-bond donors (Lipinski definition) is 1. The lowest BCUT2D eigenvalue weighted by Crippen LogP contribution is -2.21. The molecule has 3 atom stereocenters. The molecule has 2 rings (SSSR count). The van der Waals surface area contributed by atoms with Gasteiger partial charge in [0.25, 0.3) is 0 Å². The van der Waals surface area contributed by atoms with Gasteiger partial charge in [0.05, 0.1) is 6.10 Å². The number of methoxy groups -OCH3 is 1. The highest BCUT2D eigenvalue weighted by Crippen LogP contribution is 2.35. The molecule has 3 nitrogen and oxygen atoms in total. The topological polar surface area (TPSA) is 38.3 Å². The standard InChI is InChI=1S/C26H39NO2.C2H6/c1-3-27-26(28)17-10-5-4-9-14-23-15-11-16-24(23)19-21-25(29-2)20-18-22-12-7-6-8-13-22;1-2/h4,6-9,12-13,19,21,23-25H,3,5,10-11,14-18,20H2,1-2H3,(H,27,28);1-2H3/b9-4-,21-19+;/t23-,24?,25-;/m0./s1. The lowest BCUT2D eigenvalue weighted by Gasteiger charge is -2.16. The fraction of sp³-hybridized carbons (Fsp3) is 0.607. The van der Waals surface area contributed by atoms with Crippen LogP contribution in [0.5, 0.6) is 0 Å². The third-order valence-corrected chi connectivity index (χ3v) is 5.91. The van der Waals surface area contributed by atoms with Crippen molar-refractivity contribution in [1.82, 2.24) is 5.32 Å². The van der Waals surface area contributed by atoms with Gasteiger partial charge in [0, 0.05) is 20.1 Å². The summed E-state index contributed by atoms with van der Waals surface area (Å²) in [5.41, 5.74) is 1.37. The maximum absolute atomic E-state index is 11.5. The summed E-state index contributed by atoms with van der Waals surface area (Å²) in [6, 6.07) is 10.6. The van der Waals surface area contributed by atoms with Gasteiger partial charge in [-0.15, -0.1) is 0 Å². The lowest BCUT2D eigenvalue weighted by molar-refractivity contribution is -0.121. The van der Waals surface area contributed by atoms with Gasteiger partial charge in [-0.2, -0.15) is 0 Å². The number of amides is 1. The summed E-state index contributed by atoms with van der Waals surface area (Å²) in [5.74, 6) is 1.59. The minimum atomic E-state index is 0.168. The van der Waals surface area contributed by atoms with E-state index in [1.807, 2.05) is 27.9 Å². The highest BCUT2D eigenvalue weighted by atomic mass is 16.5. The third-order valence-electron chi connectivity index (χ3n) is 5.91. The molecule has 0 heterocycles. The van der Waals surface area contributed by atoms with Crippen LogP contribution < -0.4 is 5.32 Å². The van der Waals surface area contributed by atoms with Gasteiger partial charge in [-0.05, 0) is 69.3 Å². The molecule has 1 saturated carbocycles. The molecule has 174 valence electrons. The molecule has 0 radical (unpaired) electrons. The maximum Gasteiger partial charge on any atom is 0.219 e. The predicted octanol–water partition coefficient (Wildman–Crippen LogP) is 6.89. The number of aryl methyl sites for hydroxylation is 1. The first-order chi connectivity index (χ1) is 15.2. The second-order valence-electron chi connectivity index (χ2n) is 8.09. The number of benzene rings is 1. The number of hydrogen-bond acceptors (Lipinski definition) is 2. The Kier molecular flexibility index (Phi) is 15.6. The molecule has 1 fully saturated rings. The van der Waals surface area contributed by atoms with E-state index < -0.39 is 0 Å². The molecule has 3 heteroatoms. The average Bonchev–Trinajstić information content (AvgIpc) is 3.26. The monoisotopic (exact) mass is 427 g/mol. The minimum absolute atomic E-state index is 0.168. The smallest absolute Gasteiger partial charge is 0.219 e. The summed E-state index contributed by atoms with van der Waals surface area (Å²) in [7, 11) is 1.82. The van der Waals surface area contributed by atoms with Gasteiger partial charge in [-0.1, -0.05) is 74.9 Å². The van der Waals surface area contributed by atoms with Crippen LogP contribution >= 0.6 is 0 Å². The van der Waals surface area contributed by atoms with E-state index in [1.165, 1.54) is 24.8 Å². The molecule has 0 spiro atoms. The van der Waals surface area contributed by atoms with Crippen molar-refractivity contribution in [2.24, 2.45) is 11.8 Å². The van der Waals surface area contributed by atoms with Crippen LogP contribution in [0.4, 0.5) is 0 Å². The second-order valence-corrected chi connectivity index (χ2v) is 8.09. The number of rotatable bonds is 13. The zero-order valence-electron chi connectivity index (χ0n) is 20.3. The lowest BCUT2D eigenvalue weighted by atomic mass is 9.91. The Bertz CT molecular complexity index is 623. The summed E-state index contributed by atoms with van der Waals surface area (Å²) < 4.78 is 5.70. The van der Waals surface area contributed by atoms with Crippen molar-refractivity contribution in [2.45, 2.75) is 84.7 Å². The highest BCUT2D eigenvalue weighted by Gasteiger charge is 2.24. The van der Waals surface area contributed by atoms with Crippen molar-refractivity contribution < 1.29 is 9.53 Å². The van der Waals surface area contributed by atoms with E-state index in [0.29, 0.717) is 12.3 Å². The Balaban J connectivity index is 0.00000233. The molecule has 0 aromatic heterocycles. The molecule has 1 amide bonds. The Hall–Kier alpha value is -1.87. The first kappa shape index (κ1) is 27.2. The first-order valence-electron chi connectivity index (χ1n) is 12.4. The van der Waals surface area contributed by atoms with E-state index in [-0.39, 0.29) is 12.0 Å². The van der Waals surface area contributed by atoms with Gasteiger partial charge in [0.1, 0.15) is 0 Å². The van der Waals surface area contributed by atoms with Crippen molar-refractivity contribution in [3.05, 3.63) is 60.2 Å². The number of nitrogens with one attached hydrogen (secondary N) is 1. The SMILES string of the molecule is CC.CCNC(=O)CCC/C=C\C[C@H]1CCCC1/C=C/[C@H](CCc1ccccc1)OC. The zero-order valence-corrected chi connectivity index (χ0v) is 20.3. The van der Waals surface area contributed by atoms with Crippen LogP contribution in [0.15, 0.2) is 54.6 Å². The molecule has 0 bridgehead atoms. The highest BCUT2D eigenvalue weighted by molar-refractivity contribution is 5.75. The zero-order chi connectivity index (χ0) is 22.7. The van der Waals surface area contributed by atoms with Crippen LogP contribution in [0.2, 0.25) is 0 Å². The van der Waals surface area contributed by atoms with Crippen LogP contribution in [0, 0.1) is 11.8 Å². The van der Waals surface area contributed by atoms with Crippen molar-refractivity contribution in [1.29, 1.82) is 0 Å². The van der Waals surface area contributed by atoms with Crippen molar-refractivity contribution in [3.8, 4) is 0 Å². The summed E-state index contributed by atoms with van der Waals surface area (Å²) in [4.78, 5) is 11.5. The molecule has 31 heavy (non-hydrogen) atoms. The molecule has 0 aliphatic heterocycles. The molecule has 1 aliphatic rings. The summed E-state index contributed by atoms with van der Waals surface area (Å²) in [6.07, 6.45) is 19.2. The maximum atomic E-state index is 11.5. The number of allylic oxidation sites excluding steroid dienone is 3. The van der Waals surface area contributed by atoms with E-state index in [9.17, 15) is 4.79 Å². The molecule has 1 aromatic carbocycles. The van der Waals surface area contributed by atoms with Crippen LogP contribution in [0.3, 0.4) is 0 Å². The fourth-order valence-electron chi connectivity index (χ4n) is 4.18. The Labute approximate surface area is 191 Å². The summed E-state index contributed by atoms with van der Waals surface area (Å²) in [6.45, 7) is 6.68. The second kappa shape index (κ2) is 17.8. The van der Waals surface area contributed by atoms with Gasteiger partial charge in [0.15, 0.2) is 0 Å². The predicted molar refractivity (Wildman–Crippen MR) is 133 cm³/mol. The number of ether oxygens (including phenoxy) is 1. The van der Waals surface area contributed by atoms with E-state index in [4.69, 9.17) is 4.74 Å². The van der Waals surface area contributed by atoms with Crippen molar-refractivity contribution >= 4 is 5.91 Å². The molecular weight excluding hydrogens is 382 g/mol. The number of unbranched alkanes of at least 4 members (excludes halogenated alkanes) is 1. The van der Waals surface area contributed by atoms with Gasteiger partial charge in [-0.3, -0.25) is 4.79 Å². The van der Waals surface area contributed by atoms with Gasteiger partial charge < -0.3 is 10.1 Å². The molecule has 0 saturated heterocycles. The average molecular weight is 428 g/mol. The van der Waals surface area contributed by atoms with Crippen molar-refractivity contribution in [2.75, 3.05) is 13.7 Å². The minimum Gasteiger partial charge on any atom is -0.377 e. The fourth-order valence-corrected chi connectivity index (χ4v) is 4.18. The quantitative estimate of drug-likeness (QED) is 0.275. The van der Waals surface area contributed by atoms with Crippen LogP contribution in [-0.4, -0.2) is 25.7 Å². The molecular formula is C28H45NO2. The first-order valence-corrected chi connectivity index (χ1v) is 12.4. The normalized spacial score (nSPS) is 19.4. The third kappa shape index (κ3) is 11.9. The Morgan fingerprint density at radius 2 is 1.97 bits per heavy atom. The van der Waals surface area contributed by atoms with Crippen LogP contribution in [0.1, 0.15) is 77.7 Å². The van der Waals surface area contributed by atoms with E-state index in [1.54, 1.807) is 0 Å². The van der Waals surface area contributed by atoms with Gasteiger partial charge >= 0.3 is 0 Å². The summed E-state index contributed by atoms with van der Waals surface area (Å²) in [5, 5.41) is 2.85. The Morgan fingerprint density at radius 3 is 2.68 bits per heavy atom. The van der Waals surface area contributed by atoms with E-state index >= 15 is 0 Å². The molecule has 1 aliphatic carbocycles. The molecule has 1 aromatic rings. The largest absolute Gasteiger partial charge is 0.377 e. The number of carbonyl (C=O) groups is 1. The molecule has 1 N–H and O–H groups in total. The van der Waals surface area contributed by atoms with Crippen LogP contribution in [0.25, 0.3) is 0 Å².